The Morgan fingerprint density at radius 2 is 1.94 bits per heavy atom. The van der Waals surface area contributed by atoms with E-state index in [1.807, 2.05) is 18.2 Å². The third-order valence-electron chi connectivity index (χ3n) is 5.76. The summed E-state index contributed by atoms with van der Waals surface area (Å²) in [6.45, 7) is 6.89. The molecule has 1 fully saturated rings. The van der Waals surface area contributed by atoms with Crippen LogP contribution in [0.3, 0.4) is 0 Å². The molecule has 2 heterocycles. The molecule has 1 atom stereocenters. The molecule has 2 aromatic carbocycles. The molecule has 4 rings (SSSR count). The highest BCUT2D eigenvalue weighted by atomic mass is 32.2. The number of carbonyl (C=O) groups is 1. The molecule has 0 aromatic heterocycles. The summed E-state index contributed by atoms with van der Waals surface area (Å²) in [6, 6.07) is 12.0. The fourth-order valence-electron chi connectivity index (χ4n) is 4.08. The van der Waals surface area contributed by atoms with E-state index in [4.69, 9.17) is 4.74 Å². The first-order chi connectivity index (χ1) is 14.6. The number of amides is 1. The van der Waals surface area contributed by atoms with Crippen LogP contribution in [0.4, 0.5) is 5.69 Å². The highest BCUT2D eigenvalue weighted by molar-refractivity contribution is 7.90. The van der Waals surface area contributed by atoms with E-state index < -0.39 is 16.1 Å². The number of hydrogen-bond donors (Lipinski definition) is 1. The van der Waals surface area contributed by atoms with Crippen LogP contribution < -0.4 is 10.1 Å². The van der Waals surface area contributed by atoms with E-state index in [9.17, 15) is 13.2 Å². The Balaban J connectivity index is 1.63. The van der Waals surface area contributed by atoms with Crippen LogP contribution in [0.25, 0.3) is 0 Å². The van der Waals surface area contributed by atoms with Gasteiger partial charge in [0.05, 0.1) is 12.8 Å². The predicted molar refractivity (Wildman–Crippen MR) is 120 cm³/mol. The molecule has 0 radical (unpaired) electrons. The number of likely N-dealkylation sites (tertiary alicyclic amines) is 1. The van der Waals surface area contributed by atoms with Crippen LogP contribution in [0.2, 0.25) is 0 Å². The Bertz CT molecular complexity index is 1170. The van der Waals surface area contributed by atoms with Crippen molar-refractivity contribution in [3.05, 3.63) is 53.6 Å². The zero-order valence-corrected chi connectivity index (χ0v) is 19.0. The molecule has 7 nitrogen and oxygen atoms in total. The lowest BCUT2D eigenvalue weighted by molar-refractivity contribution is -0.119. The minimum absolute atomic E-state index is 0.0816. The summed E-state index contributed by atoms with van der Waals surface area (Å²) in [5.41, 5.74) is 2.15. The highest BCUT2D eigenvalue weighted by Gasteiger charge is 2.39. The number of nitrogens with zero attached hydrogens (tertiary/aromatic N) is 2. The number of hydrogen-bond acceptors (Lipinski definition) is 5. The second-order valence-corrected chi connectivity index (χ2v) is 10.5. The van der Waals surface area contributed by atoms with E-state index in [-0.39, 0.29) is 16.2 Å². The second-order valence-electron chi connectivity index (χ2n) is 8.89. The van der Waals surface area contributed by atoms with Crippen LogP contribution in [0.1, 0.15) is 44.7 Å². The van der Waals surface area contributed by atoms with Gasteiger partial charge in [0.2, 0.25) is 5.91 Å². The number of benzene rings is 2. The van der Waals surface area contributed by atoms with Gasteiger partial charge in [-0.05, 0) is 48.1 Å². The number of methoxy groups -OCH3 is 1. The normalized spacial score (nSPS) is 19.7. The van der Waals surface area contributed by atoms with Crippen LogP contribution in [0.5, 0.6) is 5.75 Å². The van der Waals surface area contributed by atoms with Crippen molar-refractivity contribution < 1.29 is 17.9 Å². The summed E-state index contributed by atoms with van der Waals surface area (Å²) in [5.74, 6) is 0.729. The lowest BCUT2D eigenvalue weighted by Gasteiger charge is -2.26. The Morgan fingerprint density at radius 1 is 1.19 bits per heavy atom. The maximum absolute atomic E-state index is 13.3. The monoisotopic (exact) mass is 441 g/mol. The van der Waals surface area contributed by atoms with Crippen molar-refractivity contribution in [1.29, 1.82) is 0 Å². The molecule has 0 bridgehead atoms. The minimum Gasteiger partial charge on any atom is -0.495 e. The van der Waals surface area contributed by atoms with Crippen molar-refractivity contribution in [2.24, 2.45) is 4.40 Å². The van der Waals surface area contributed by atoms with Crippen LogP contribution in [0, 0.1) is 0 Å². The molecule has 0 saturated carbocycles. The van der Waals surface area contributed by atoms with Crippen molar-refractivity contribution >= 4 is 27.5 Å². The molecule has 0 unspecified atom stereocenters. The van der Waals surface area contributed by atoms with Crippen molar-refractivity contribution in [3.63, 3.8) is 0 Å². The van der Waals surface area contributed by atoms with Gasteiger partial charge in [-0.3, -0.25) is 4.79 Å². The van der Waals surface area contributed by atoms with Gasteiger partial charge in [-0.15, -0.1) is 4.40 Å². The fourth-order valence-corrected chi connectivity index (χ4v) is 5.29. The molecule has 0 spiro atoms. The summed E-state index contributed by atoms with van der Waals surface area (Å²) in [6.07, 6.45) is 1.40. The molecular formula is C23H27N3O4S. The van der Waals surface area contributed by atoms with Gasteiger partial charge in [0, 0.05) is 12.1 Å². The molecule has 1 N–H and O–H groups in total. The fraction of sp³-hybridized carbons (Fsp3) is 0.391. The lowest BCUT2D eigenvalue weighted by Crippen LogP contribution is -2.43. The molecule has 2 aromatic rings. The van der Waals surface area contributed by atoms with Crippen molar-refractivity contribution in [3.8, 4) is 5.75 Å². The smallest absolute Gasteiger partial charge is 0.285 e. The van der Waals surface area contributed by atoms with Gasteiger partial charge in [0.15, 0.2) is 5.84 Å². The maximum atomic E-state index is 13.3. The van der Waals surface area contributed by atoms with E-state index in [0.717, 1.165) is 12.0 Å². The van der Waals surface area contributed by atoms with Gasteiger partial charge >= 0.3 is 0 Å². The van der Waals surface area contributed by atoms with Crippen LogP contribution >= 0.6 is 0 Å². The van der Waals surface area contributed by atoms with Gasteiger partial charge in [-0.1, -0.05) is 39.0 Å². The van der Waals surface area contributed by atoms with Gasteiger partial charge in [0.25, 0.3) is 10.0 Å². The SMILES string of the molecule is COc1ccc(C(C)(C)C)cc1NC(=O)[C@H]1CCCN1C1=NS(=O)(=O)c2ccccc21. The first-order valence-corrected chi connectivity index (χ1v) is 11.8. The van der Waals surface area contributed by atoms with Gasteiger partial charge in [-0.2, -0.15) is 8.42 Å². The van der Waals surface area contributed by atoms with E-state index in [1.165, 1.54) is 0 Å². The lowest BCUT2D eigenvalue weighted by atomic mass is 9.87. The third kappa shape index (κ3) is 3.92. The summed E-state index contributed by atoms with van der Waals surface area (Å²) in [4.78, 5) is 15.3. The second kappa shape index (κ2) is 7.67. The Kier molecular flexibility index (Phi) is 5.29. The van der Waals surface area contributed by atoms with Crippen molar-refractivity contribution in [2.45, 2.75) is 50.0 Å². The Hall–Kier alpha value is -2.87. The Morgan fingerprint density at radius 3 is 2.65 bits per heavy atom. The third-order valence-corrected chi connectivity index (χ3v) is 7.09. The topological polar surface area (TPSA) is 88.1 Å². The molecule has 0 aliphatic carbocycles. The first kappa shape index (κ1) is 21.4. The number of carbonyl (C=O) groups excluding carboxylic acids is 1. The van der Waals surface area contributed by atoms with E-state index in [0.29, 0.717) is 35.8 Å². The van der Waals surface area contributed by atoms with E-state index in [2.05, 4.69) is 30.5 Å². The number of anilines is 1. The molecular weight excluding hydrogens is 414 g/mol. The number of ether oxygens (including phenoxy) is 1. The number of fused-ring (bicyclic) bond motifs is 1. The first-order valence-electron chi connectivity index (χ1n) is 10.3. The Labute approximate surface area is 183 Å². The maximum Gasteiger partial charge on any atom is 0.285 e. The molecule has 8 heteroatoms. The van der Waals surface area contributed by atoms with Gasteiger partial charge in [-0.25, -0.2) is 0 Å². The minimum atomic E-state index is -3.74. The molecule has 164 valence electrons. The number of nitrogens with one attached hydrogen (secondary N) is 1. The number of sulfonamides is 1. The average molecular weight is 442 g/mol. The largest absolute Gasteiger partial charge is 0.495 e. The molecule has 1 saturated heterocycles. The molecule has 2 aliphatic heterocycles. The van der Waals surface area contributed by atoms with Gasteiger partial charge < -0.3 is 15.0 Å². The van der Waals surface area contributed by atoms with Crippen LogP contribution in [0.15, 0.2) is 51.8 Å². The number of amidine groups is 1. The highest BCUT2D eigenvalue weighted by Crippen LogP contribution is 2.34. The molecule has 2 aliphatic rings. The summed E-state index contributed by atoms with van der Waals surface area (Å²) < 4.78 is 34.4. The summed E-state index contributed by atoms with van der Waals surface area (Å²) >= 11 is 0. The van der Waals surface area contributed by atoms with Crippen molar-refractivity contribution in [2.75, 3.05) is 19.0 Å². The zero-order chi connectivity index (χ0) is 22.4. The van der Waals surface area contributed by atoms with Gasteiger partial charge in [0.1, 0.15) is 16.7 Å². The van der Waals surface area contributed by atoms with Crippen LogP contribution in [-0.4, -0.2) is 44.8 Å². The predicted octanol–water partition coefficient (Wildman–Crippen LogP) is 3.54. The quantitative estimate of drug-likeness (QED) is 0.787. The molecule has 31 heavy (non-hydrogen) atoms. The standard InChI is InChI=1S/C23H27N3O4S/c1-23(2,3)15-11-12-19(30-4)17(14-15)24-22(27)18-9-7-13-26(18)21-16-8-5-6-10-20(16)31(28,29)25-21/h5-6,8,10-12,14,18H,7,9,13H2,1-4H3,(H,24,27)/t18-/m1/s1. The van der Waals surface area contributed by atoms with E-state index in [1.54, 1.807) is 36.3 Å². The van der Waals surface area contributed by atoms with Crippen LogP contribution in [-0.2, 0) is 20.2 Å². The number of rotatable bonds is 3. The zero-order valence-electron chi connectivity index (χ0n) is 18.2. The summed E-state index contributed by atoms with van der Waals surface area (Å²) in [7, 11) is -2.17. The molecule has 1 amide bonds. The van der Waals surface area contributed by atoms with Crippen molar-refractivity contribution in [1.82, 2.24) is 4.90 Å². The average Bonchev–Trinajstić information content (AvgIpc) is 3.30. The van der Waals surface area contributed by atoms with E-state index >= 15 is 0 Å². The summed E-state index contributed by atoms with van der Waals surface area (Å²) in [5, 5.41) is 3.00.